The van der Waals surface area contributed by atoms with E-state index in [4.69, 9.17) is 9.47 Å². The fraction of sp³-hybridized carbons (Fsp3) is 0.600. The minimum absolute atomic E-state index is 0.214. The van der Waals surface area contributed by atoms with Crippen LogP contribution in [0, 0.1) is 0 Å². The van der Waals surface area contributed by atoms with E-state index < -0.39 is 0 Å². The molecule has 3 rings (SSSR count). The molecule has 1 aromatic carbocycles. The summed E-state index contributed by atoms with van der Waals surface area (Å²) >= 11 is 0. The Morgan fingerprint density at radius 1 is 1.26 bits per heavy atom. The summed E-state index contributed by atoms with van der Waals surface area (Å²) in [7, 11) is 4.36. The first-order valence-electron chi connectivity index (χ1n) is 6.96. The Labute approximate surface area is 114 Å². The summed E-state index contributed by atoms with van der Waals surface area (Å²) < 4.78 is 10.8. The minimum atomic E-state index is 0.214. The molecule has 4 nitrogen and oxygen atoms in total. The van der Waals surface area contributed by atoms with Crippen molar-refractivity contribution < 1.29 is 9.47 Å². The van der Waals surface area contributed by atoms with Gasteiger partial charge in [-0.15, -0.1) is 0 Å². The number of ether oxygens (including phenoxy) is 2. The fourth-order valence-corrected chi connectivity index (χ4v) is 3.07. The average molecular weight is 262 g/mol. The maximum atomic E-state index is 5.47. The molecule has 1 aromatic rings. The Bertz CT molecular complexity index is 453. The molecule has 0 bridgehead atoms. The van der Waals surface area contributed by atoms with E-state index in [1.807, 2.05) is 6.07 Å². The van der Waals surface area contributed by atoms with Gasteiger partial charge in [0, 0.05) is 12.1 Å². The Balaban J connectivity index is 1.82. The molecule has 0 aromatic heterocycles. The van der Waals surface area contributed by atoms with Crippen molar-refractivity contribution >= 4 is 0 Å². The largest absolute Gasteiger partial charge is 0.454 e. The molecular weight excluding hydrogens is 240 g/mol. The van der Waals surface area contributed by atoms with Gasteiger partial charge in [0.1, 0.15) is 0 Å². The molecular formula is C15H22N2O2. The summed E-state index contributed by atoms with van der Waals surface area (Å²) in [6.07, 6.45) is 3.52. The van der Waals surface area contributed by atoms with Gasteiger partial charge < -0.3 is 19.7 Å². The van der Waals surface area contributed by atoms with E-state index in [1.165, 1.54) is 18.4 Å². The average Bonchev–Trinajstić information content (AvgIpc) is 2.87. The van der Waals surface area contributed by atoms with Gasteiger partial charge in [0.15, 0.2) is 11.5 Å². The molecule has 0 radical (unpaired) electrons. The SMILES string of the molecule is CN(C)C1(Cc2ccc3c(c2)OCO3)CCCNC1. The number of nitrogens with one attached hydrogen (secondary N) is 1. The lowest BCUT2D eigenvalue weighted by atomic mass is 9.83. The van der Waals surface area contributed by atoms with Gasteiger partial charge in [-0.3, -0.25) is 0 Å². The summed E-state index contributed by atoms with van der Waals surface area (Å²) in [4.78, 5) is 2.36. The number of piperidine rings is 1. The predicted octanol–water partition coefficient (Wildman–Crippen LogP) is 1.64. The van der Waals surface area contributed by atoms with E-state index >= 15 is 0 Å². The molecule has 1 fully saturated rings. The van der Waals surface area contributed by atoms with Gasteiger partial charge >= 0.3 is 0 Å². The molecule has 0 spiro atoms. The smallest absolute Gasteiger partial charge is 0.231 e. The molecule has 1 N–H and O–H groups in total. The lowest BCUT2D eigenvalue weighted by Crippen LogP contribution is -2.56. The highest BCUT2D eigenvalue weighted by Crippen LogP contribution is 2.35. The van der Waals surface area contributed by atoms with Gasteiger partial charge in [0.05, 0.1) is 0 Å². The van der Waals surface area contributed by atoms with Crippen LogP contribution >= 0.6 is 0 Å². The monoisotopic (exact) mass is 262 g/mol. The zero-order valence-electron chi connectivity index (χ0n) is 11.7. The van der Waals surface area contributed by atoms with Gasteiger partial charge in [-0.05, 0) is 57.6 Å². The number of fused-ring (bicyclic) bond motifs is 1. The maximum Gasteiger partial charge on any atom is 0.231 e. The molecule has 104 valence electrons. The highest BCUT2D eigenvalue weighted by molar-refractivity contribution is 5.44. The van der Waals surface area contributed by atoms with Crippen LogP contribution in [0.3, 0.4) is 0 Å². The topological polar surface area (TPSA) is 33.7 Å². The zero-order chi connectivity index (χ0) is 13.3. The molecule has 0 amide bonds. The van der Waals surface area contributed by atoms with Crippen molar-refractivity contribution in [3.05, 3.63) is 23.8 Å². The van der Waals surface area contributed by atoms with Crippen molar-refractivity contribution in [2.75, 3.05) is 34.0 Å². The summed E-state index contributed by atoms with van der Waals surface area (Å²) in [5.41, 5.74) is 1.54. The first kappa shape index (κ1) is 12.8. The minimum Gasteiger partial charge on any atom is -0.454 e. The maximum absolute atomic E-state index is 5.47. The van der Waals surface area contributed by atoms with Gasteiger partial charge in [-0.2, -0.15) is 0 Å². The van der Waals surface area contributed by atoms with Crippen molar-refractivity contribution in [2.24, 2.45) is 0 Å². The van der Waals surface area contributed by atoms with Gasteiger partial charge in [-0.1, -0.05) is 6.07 Å². The second-order valence-electron chi connectivity index (χ2n) is 5.76. The normalized spacial score (nSPS) is 25.8. The van der Waals surface area contributed by atoms with Crippen molar-refractivity contribution in [1.29, 1.82) is 0 Å². The zero-order valence-corrected chi connectivity index (χ0v) is 11.7. The van der Waals surface area contributed by atoms with Crippen LogP contribution in [0.2, 0.25) is 0 Å². The number of hydrogen-bond acceptors (Lipinski definition) is 4. The predicted molar refractivity (Wildman–Crippen MR) is 74.8 cm³/mol. The lowest BCUT2D eigenvalue weighted by molar-refractivity contribution is 0.114. The highest BCUT2D eigenvalue weighted by Gasteiger charge is 2.34. The van der Waals surface area contributed by atoms with Crippen LogP contribution in [0.5, 0.6) is 11.5 Å². The Morgan fingerprint density at radius 3 is 2.84 bits per heavy atom. The number of benzene rings is 1. The first-order valence-corrected chi connectivity index (χ1v) is 6.96. The van der Waals surface area contributed by atoms with Crippen molar-refractivity contribution in [1.82, 2.24) is 10.2 Å². The molecule has 2 heterocycles. The van der Waals surface area contributed by atoms with Crippen LogP contribution in [0.4, 0.5) is 0 Å². The molecule has 1 saturated heterocycles. The summed E-state index contributed by atoms with van der Waals surface area (Å²) in [6.45, 7) is 2.53. The van der Waals surface area contributed by atoms with Gasteiger partial charge in [0.25, 0.3) is 0 Å². The van der Waals surface area contributed by atoms with Crippen LogP contribution in [-0.4, -0.2) is 44.4 Å². The number of nitrogens with zero attached hydrogens (tertiary/aromatic N) is 1. The van der Waals surface area contributed by atoms with Crippen molar-refractivity contribution in [3.63, 3.8) is 0 Å². The van der Waals surface area contributed by atoms with E-state index in [0.717, 1.165) is 31.0 Å². The molecule has 19 heavy (non-hydrogen) atoms. The summed E-state index contributed by atoms with van der Waals surface area (Å²) in [5.74, 6) is 1.75. The fourth-order valence-electron chi connectivity index (χ4n) is 3.07. The molecule has 1 unspecified atom stereocenters. The van der Waals surface area contributed by atoms with Crippen LogP contribution in [0.15, 0.2) is 18.2 Å². The van der Waals surface area contributed by atoms with E-state index in [2.05, 4.69) is 36.4 Å². The molecule has 2 aliphatic heterocycles. The van der Waals surface area contributed by atoms with Crippen LogP contribution < -0.4 is 14.8 Å². The molecule has 2 aliphatic rings. The second-order valence-corrected chi connectivity index (χ2v) is 5.76. The van der Waals surface area contributed by atoms with Crippen molar-refractivity contribution in [3.8, 4) is 11.5 Å². The van der Waals surface area contributed by atoms with Crippen molar-refractivity contribution in [2.45, 2.75) is 24.8 Å². The number of rotatable bonds is 3. The third-order valence-corrected chi connectivity index (χ3v) is 4.37. The number of likely N-dealkylation sites (N-methyl/N-ethyl adjacent to an activating group) is 1. The van der Waals surface area contributed by atoms with Crippen LogP contribution in [0.25, 0.3) is 0 Å². The molecule has 4 heteroatoms. The Kier molecular flexibility index (Phi) is 3.37. The van der Waals surface area contributed by atoms with E-state index in [9.17, 15) is 0 Å². The van der Waals surface area contributed by atoms with E-state index in [1.54, 1.807) is 0 Å². The highest BCUT2D eigenvalue weighted by atomic mass is 16.7. The Morgan fingerprint density at radius 2 is 2.11 bits per heavy atom. The van der Waals surface area contributed by atoms with Gasteiger partial charge in [-0.25, -0.2) is 0 Å². The third-order valence-electron chi connectivity index (χ3n) is 4.37. The standard InChI is InChI=1S/C15H22N2O2/c1-17(2)15(6-3-7-16-10-15)9-12-4-5-13-14(8-12)19-11-18-13/h4-5,8,16H,3,6-7,9-11H2,1-2H3. The second kappa shape index (κ2) is 5.02. The van der Waals surface area contributed by atoms with E-state index in [-0.39, 0.29) is 5.54 Å². The molecule has 0 saturated carbocycles. The Hall–Kier alpha value is -1.26. The van der Waals surface area contributed by atoms with Crippen LogP contribution in [0.1, 0.15) is 18.4 Å². The summed E-state index contributed by atoms with van der Waals surface area (Å²) in [5, 5.41) is 3.53. The van der Waals surface area contributed by atoms with Gasteiger partial charge in [0.2, 0.25) is 6.79 Å². The summed E-state index contributed by atoms with van der Waals surface area (Å²) in [6, 6.07) is 6.31. The lowest BCUT2D eigenvalue weighted by Gasteiger charge is -2.43. The van der Waals surface area contributed by atoms with Crippen LogP contribution in [-0.2, 0) is 6.42 Å². The van der Waals surface area contributed by atoms with E-state index in [0.29, 0.717) is 6.79 Å². The molecule has 0 aliphatic carbocycles. The number of hydrogen-bond donors (Lipinski definition) is 1. The quantitative estimate of drug-likeness (QED) is 0.898. The molecule has 1 atom stereocenters. The first-order chi connectivity index (χ1) is 9.20. The third kappa shape index (κ3) is 2.42.